The summed E-state index contributed by atoms with van der Waals surface area (Å²) in [6, 6.07) is 2.08. The van der Waals surface area contributed by atoms with Gasteiger partial charge < -0.3 is 19.1 Å². The summed E-state index contributed by atoms with van der Waals surface area (Å²) in [5.41, 5.74) is -0.239. The van der Waals surface area contributed by atoms with E-state index in [0.29, 0.717) is 12.5 Å². The normalized spacial score (nSPS) is 33.6. The average molecular weight is 507 g/mol. The molecule has 10 heteroatoms. The van der Waals surface area contributed by atoms with Gasteiger partial charge in [-0.25, -0.2) is 9.46 Å². The number of aromatic nitrogens is 2. The van der Waals surface area contributed by atoms with Crippen molar-refractivity contribution in [2.75, 3.05) is 11.9 Å². The molecule has 4 heterocycles. The van der Waals surface area contributed by atoms with Crippen molar-refractivity contribution in [2.45, 2.75) is 110 Å². The summed E-state index contributed by atoms with van der Waals surface area (Å²) in [5.74, 6) is -0.103. The highest BCUT2D eigenvalue weighted by molar-refractivity contribution is 7.45. The van der Waals surface area contributed by atoms with Crippen LogP contribution in [0.3, 0.4) is 0 Å². The SMILES string of the molecule is CC[C@H]1O[C@@H](n2ccc(NC(=O)C(C)C)nc2=O)CC1O[P@@]1OC2(CCCC2)[C@@H]2CC(C)(C)CN21. The third kappa shape index (κ3) is 4.82. The van der Waals surface area contributed by atoms with E-state index in [1.54, 1.807) is 26.1 Å². The van der Waals surface area contributed by atoms with E-state index < -0.39 is 20.4 Å². The van der Waals surface area contributed by atoms with Crippen LogP contribution in [0.5, 0.6) is 0 Å². The maximum Gasteiger partial charge on any atom is 0.351 e. The number of nitrogens with zero attached hydrogens (tertiary/aromatic N) is 3. The average Bonchev–Trinajstić information content (AvgIpc) is 3.54. The first kappa shape index (κ1) is 25.3. The molecule has 3 saturated heterocycles. The number of carbonyl (C=O) groups is 1. The second-order valence-corrected chi connectivity index (χ2v) is 13.0. The second kappa shape index (κ2) is 9.49. The van der Waals surface area contributed by atoms with Crippen LogP contribution >= 0.6 is 8.53 Å². The van der Waals surface area contributed by atoms with Gasteiger partial charge in [-0.2, -0.15) is 4.98 Å². The number of hydrogen-bond donors (Lipinski definition) is 1. The third-order valence-electron chi connectivity index (χ3n) is 7.95. The third-order valence-corrected chi connectivity index (χ3v) is 9.76. The minimum Gasteiger partial charge on any atom is -0.352 e. The maximum absolute atomic E-state index is 12.8. The van der Waals surface area contributed by atoms with Crippen molar-refractivity contribution in [1.29, 1.82) is 0 Å². The largest absolute Gasteiger partial charge is 0.352 e. The highest BCUT2D eigenvalue weighted by Crippen LogP contribution is 2.66. The predicted molar refractivity (Wildman–Crippen MR) is 134 cm³/mol. The van der Waals surface area contributed by atoms with Crippen LogP contribution in [0.1, 0.15) is 85.8 Å². The smallest absolute Gasteiger partial charge is 0.351 e. The summed E-state index contributed by atoms with van der Waals surface area (Å²) in [5, 5.41) is 2.68. The number of carbonyl (C=O) groups excluding carboxylic acids is 1. The van der Waals surface area contributed by atoms with Crippen LogP contribution in [-0.4, -0.2) is 50.5 Å². The molecule has 5 atom stereocenters. The summed E-state index contributed by atoms with van der Waals surface area (Å²) in [7, 11) is -1.16. The van der Waals surface area contributed by atoms with Crippen LogP contribution in [0.25, 0.3) is 0 Å². The molecule has 1 aliphatic carbocycles. The molecule has 35 heavy (non-hydrogen) atoms. The molecule has 1 spiro atoms. The molecule has 0 radical (unpaired) electrons. The van der Waals surface area contributed by atoms with Crippen molar-refractivity contribution in [3.05, 3.63) is 22.7 Å². The van der Waals surface area contributed by atoms with Gasteiger partial charge in [0.15, 0.2) is 0 Å². The number of nitrogens with one attached hydrogen (secondary N) is 1. The lowest BCUT2D eigenvalue weighted by molar-refractivity contribution is -0.118. The molecular weight excluding hydrogens is 467 g/mol. The summed E-state index contributed by atoms with van der Waals surface area (Å²) in [4.78, 5) is 28.8. The van der Waals surface area contributed by atoms with Crippen LogP contribution in [0.15, 0.2) is 17.1 Å². The van der Waals surface area contributed by atoms with Crippen LogP contribution in [0, 0.1) is 11.3 Å². The molecule has 0 aromatic carbocycles. The van der Waals surface area contributed by atoms with Crippen LogP contribution in [-0.2, 0) is 18.6 Å². The molecule has 1 unspecified atom stereocenters. The van der Waals surface area contributed by atoms with E-state index in [2.05, 4.69) is 35.7 Å². The standard InChI is InChI=1S/C25H39N4O5P/c1-6-17-18(13-21(32-17)28-12-9-20(27-23(28)31)26-22(30)16(2)3)33-35-29-15-24(4,5)14-19(29)25(34-35)10-7-8-11-25/h9,12,16-19,21H,6-8,10-11,13-15H2,1-5H3,(H,26,27,30,31)/t17-,18?,19+,21-,35+/m1/s1. The van der Waals surface area contributed by atoms with Crippen molar-refractivity contribution in [1.82, 2.24) is 14.2 Å². The zero-order chi connectivity index (χ0) is 25.0. The van der Waals surface area contributed by atoms with Crippen LogP contribution < -0.4 is 11.0 Å². The lowest BCUT2D eigenvalue weighted by atomic mass is 9.83. The second-order valence-electron chi connectivity index (χ2n) is 11.6. The van der Waals surface area contributed by atoms with E-state index in [1.165, 1.54) is 17.4 Å². The highest BCUT2D eigenvalue weighted by atomic mass is 31.2. The first-order valence-electron chi connectivity index (χ1n) is 13.1. The van der Waals surface area contributed by atoms with Gasteiger partial charge in [0.2, 0.25) is 5.91 Å². The van der Waals surface area contributed by atoms with Crippen molar-refractivity contribution in [3.63, 3.8) is 0 Å². The quantitative estimate of drug-likeness (QED) is 0.564. The minimum absolute atomic E-state index is 0.0584. The maximum atomic E-state index is 12.8. The fourth-order valence-corrected chi connectivity index (χ4v) is 8.41. The molecule has 0 bridgehead atoms. The van der Waals surface area contributed by atoms with Gasteiger partial charge in [-0.1, -0.05) is 47.5 Å². The number of amides is 1. The van der Waals surface area contributed by atoms with Crippen molar-refractivity contribution < 1.29 is 18.6 Å². The zero-order valence-corrected chi connectivity index (χ0v) is 22.4. The molecule has 3 aliphatic heterocycles. The Labute approximate surface area is 208 Å². The Morgan fingerprint density at radius 2 is 2.09 bits per heavy atom. The molecule has 4 fully saturated rings. The van der Waals surface area contributed by atoms with Crippen LogP contribution in [0.2, 0.25) is 0 Å². The summed E-state index contributed by atoms with van der Waals surface area (Å²) < 4.78 is 23.7. The highest BCUT2D eigenvalue weighted by Gasteiger charge is 2.61. The summed E-state index contributed by atoms with van der Waals surface area (Å²) in [6.07, 6.45) is 8.12. The van der Waals surface area contributed by atoms with E-state index in [4.69, 9.17) is 13.8 Å². The number of hydrogen-bond acceptors (Lipinski definition) is 7. The summed E-state index contributed by atoms with van der Waals surface area (Å²) >= 11 is 0. The molecule has 1 amide bonds. The number of ether oxygens (including phenoxy) is 1. The van der Waals surface area contributed by atoms with Gasteiger partial charge in [-0.05, 0) is 37.2 Å². The van der Waals surface area contributed by atoms with E-state index in [-0.39, 0.29) is 40.9 Å². The monoisotopic (exact) mass is 506 g/mol. The Kier molecular flexibility index (Phi) is 6.85. The zero-order valence-electron chi connectivity index (χ0n) is 21.5. The lowest BCUT2D eigenvalue weighted by Gasteiger charge is -2.30. The Balaban J connectivity index is 1.30. The van der Waals surface area contributed by atoms with E-state index >= 15 is 0 Å². The molecule has 1 aromatic rings. The Morgan fingerprint density at radius 1 is 1.34 bits per heavy atom. The molecule has 1 aromatic heterocycles. The fourth-order valence-electron chi connectivity index (χ4n) is 6.05. The number of anilines is 1. The van der Waals surface area contributed by atoms with Gasteiger partial charge in [0.05, 0.1) is 17.8 Å². The van der Waals surface area contributed by atoms with Gasteiger partial charge >= 0.3 is 5.69 Å². The van der Waals surface area contributed by atoms with Gasteiger partial charge in [0, 0.05) is 31.1 Å². The predicted octanol–water partition coefficient (Wildman–Crippen LogP) is 4.59. The van der Waals surface area contributed by atoms with E-state index in [9.17, 15) is 9.59 Å². The van der Waals surface area contributed by atoms with Gasteiger partial charge in [-0.15, -0.1) is 0 Å². The van der Waals surface area contributed by atoms with Crippen molar-refractivity contribution in [3.8, 4) is 0 Å². The van der Waals surface area contributed by atoms with Gasteiger partial charge in [0.25, 0.3) is 8.53 Å². The number of fused-ring (bicyclic) bond motifs is 2. The molecule has 194 valence electrons. The Hall–Kier alpha value is -1.38. The molecule has 1 saturated carbocycles. The van der Waals surface area contributed by atoms with Crippen LogP contribution in [0.4, 0.5) is 5.82 Å². The van der Waals surface area contributed by atoms with Gasteiger partial charge in [0.1, 0.15) is 12.0 Å². The van der Waals surface area contributed by atoms with Gasteiger partial charge in [-0.3, -0.25) is 9.36 Å². The fraction of sp³-hybridized carbons (Fsp3) is 0.800. The molecule has 1 N–H and O–H groups in total. The van der Waals surface area contributed by atoms with Crippen molar-refractivity contribution >= 4 is 20.3 Å². The van der Waals surface area contributed by atoms with Crippen molar-refractivity contribution in [2.24, 2.45) is 11.3 Å². The van der Waals surface area contributed by atoms with E-state index in [0.717, 1.165) is 32.2 Å². The topological polar surface area (TPSA) is 94.9 Å². The minimum atomic E-state index is -1.16. The Bertz CT molecular complexity index is 1010. The molecule has 9 nitrogen and oxygen atoms in total. The molecule has 4 aliphatic rings. The first-order valence-corrected chi connectivity index (χ1v) is 14.2. The Morgan fingerprint density at radius 3 is 2.74 bits per heavy atom. The molecular formula is C25H39N4O5P. The van der Waals surface area contributed by atoms with E-state index in [1.807, 2.05) is 0 Å². The number of rotatable bonds is 6. The summed E-state index contributed by atoms with van der Waals surface area (Å²) in [6.45, 7) is 11.4. The molecule has 5 rings (SSSR count). The lowest BCUT2D eigenvalue weighted by Crippen LogP contribution is -2.39. The first-order chi connectivity index (χ1) is 16.6.